The smallest absolute Gasteiger partial charge is 0.270 e. The van der Waals surface area contributed by atoms with Crippen LogP contribution in [0.3, 0.4) is 0 Å². The third-order valence-electron chi connectivity index (χ3n) is 5.07. The van der Waals surface area contributed by atoms with Crippen LogP contribution in [-0.4, -0.2) is 30.1 Å². The molecule has 0 unspecified atom stereocenters. The summed E-state index contributed by atoms with van der Waals surface area (Å²) < 4.78 is 25.5. The molecule has 2 amide bonds. The average Bonchev–Trinajstić information content (AvgIpc) is 2.99. The third-order valence-corrected chi connectivity index (χ3v) is 6.86. The summed E-state index contributed by atoms with van der Waals surface area (Å²) in [6, 6.07) is 16.0. The molecule has 0 spiro atoms. The van der Waals surface area contributed by atoms with E-state index in [0.717, 1.165) is 16.5 Å². The maximum atomic E-state index is 12.8. The molecule has 0 saturated heterocycles. The number of hydrogen-bond acceptors (Lipinski definition) is 6. The standard InChI is InChI=1S/C22H16N2O6S/c1-14-2-7-17(8-3-14)31(29,30)18-9-4-15(5-10-18)13-23-21(25)19-11-6-16(24(27)28)12-20(19)22(23)26/h2-12H,13H2,1H3. The summed E-state index contributed by atoms with van der Waals surface area (Å²) in [4.78, 5) is 36.7. The summed E-state index contributed by atoms with van der Waals surface area (Å²) in [5.74, 6) is -1.17. The van der Waals surface area contributed by atoms with Crippen LogP contribution >= 0.6 is 0 Å². The first kappa shape index (κ1) is 20.4. The normalized spacial score (nSPS) is 13.4. The lowest BCUT2D eigenvalue weighted by Crippen LogP contribution is -2.29. The molecule has 31 heavy (non-hydrogen) atoms. The lowest BCUT2D eigenvalue weighted by atomic mass is 10.1. The Morgan fingerprint density at radius 1 is 0.839 bits per heavy atom. The highest BCUT2D eigenvalue weighted by molar-refractivity contribution is 7.91. The predicted octanol–water partition coefficient (Wildman–Crippen LogP) is 3.53. The minimum Gasteiger partial charge on any atom is -0.270 e. The number of nitrogens with zero attached hydrogens (tertiary/aromatic N) is 2. The Morgan fingerprint density at radius 3 is 1.97 bits per heavy atom. The Labute approximate surface area is 177 Å². The summed E-state index contributed by atoms with van der Waals surface area (Å²) in [7, 11) is -3.69. The number of amides is 2. The topological polar surface area (TPSA) is 115 Å². The first-order valence-corrected chi connectivity index (χ1v) is 10.7. The van der Waals surface area contributed by atoms with E-state index in [9.17, 15) is 28.1 Å². The maximum absolute atomic E-state index is 12.8. The molecule has 3 aromatic carbocycles. The van der Waals surface area contributed by atoms with Gasteiger partial charge in [-0.15, -0.1) is 0 Å². The van der Waals surface area contributed by atoms with Gasteiger partial charge >= 0.3 is 0 Å². The average molecular weight is 436 g/mol. The number of hydrogen-bond donors (Lipinski definition) is 0. The first-order chi connectivity index (χ1) is 14.7. The number of fused-ring (bicyclic) bond motifs is 1. The fourth-order valence-corrected chi connectivity index (χ4v) is 4.61. The second-order valence-electron chi connectivity index (χ2n) is 7.14. The molecule has 1 aliphatic heterocycles. The quantitative estimate of drug-likeness (QED) is 0.343. The van der Waals surface area contributed by atoms with Crippen molar-refractivity contribution in [2.75, 3.05) is 0 Å². The molecule has 0 fully saturated rings. The van der Waals surface area contributed by atoms with Gasteiger partial charge in [0.25, 0.3) is 17.5 Å². The van der Waals surface area contributed by atoms with E-state index in [-0.39, 0.29) is 33.2 Å². The van der Waals surface area contributed by atoms with Crippen molar-refractivity contribution < 1.29 is 22.9 Å². The number of aryl methyl sites for hydroxylation is 1. The Hall–Kier alpha value is -3.85. The molecule has 9 heteroatoms. The highest BCUT2D eigenvalue weighted by Gasteiger charge is 2.36. The molecule has 4 rings (SSSR count). The third kappa shape index (κ3) is 3.59. The molecule has 1 heterocycles. The second-order valence-corrected chi connectivity index (χ2v) is 9.09. The monoisotopic (exact) mass is 436 g/mol. The number of carbonyl (C=O) groups is 2. The lowest BCUT2D eigenvalue weighted by Gasteiger charge is -2.14. The lowest BCUT2D eigenvalue weighted by molar-refractivity contribution is -0.384. The zero-order chi connectivity index (χ0) is 22.3. The van der Waals surface area contributed by atoms with Crippen molar-refractivity contribution in [2.24, 2.45) is 0 Å². The molecule has 3 aromatic rings. The summed E-state index contributed by atoms with van der Waals surface area (Å²) in [5, 5.41) is 10.9. The molecule has 0 atom stereocenters. The van der Waals surface area contributed by atoms with Crippen LogP contribution in [0.2, 0.25) is 0 Å². The van der Waals surface area contributed by atoms with Gasteiger partial charge in [-0.25, -0.2) is 8.42 Å². The van der Waals surface area contributed by atoms with Crippen LogP contribution in [0.25, 0.3) is 0 Å². The van der Waals surface area contributed by atoms with Crippen molar-refractivity contribution in [3.05, 3.63) is 99.1 Å². The van der Waals surface area contributed by atoms with Crippen molar-refractivity contribution in [1.29, 1.82) is 0 Å². The fraction of sp³-hybridized carbons (Fsp3) is 0.0909. The molecule has 0 radical (unpaired) electrons. The van der Waals surface area contributed by atoms with Crippen LogP contribution in [0.15, 0.2) is 76.5 Å². The Balaban J connectivity index is 1.57. The van der Waals surface area contributed by atoms with E-state index in [1.807, 2.05) is 6.92 Å². The van der Waals surface area contributed by atoms with Gasteiger partial charge in [0.05, 0.1) is 32.4 Å². The molecule has 0 N–H and O–H groups in total. The van der Waals surface area contributed by atoms with E-state index in [1.54, 1.807) is 12.1 Å². The number of non-ortho nitro benzene ring substituents is 1. The minimum absolute atomic E-state index is 0.0160. The minimum atomic E-state index is -3.69. The van der Waals surface area contributed by atoms with Gasteiger partial charge in [0.15, 0.2) is 0 Å². The summed E-state index contributed by atoms with van der Waals surface area (Å²) >= 11 is 0. The van der Waals surface area contributed by atoms with Gasteiger partial charge in [0.1, 0.15) is 0 Å². The number of nitro benzene ring substituents is 1. The Kier molecular flexibility index (Phi) is 4.90. The van der Waals surface area contributed by atoms with Gasteiger partial charge in [0, 0.05) is 12.1 Å². The van der Waals surface area contributed by atoms with Gasteiger partial charge in [-0.1, -0.05) is 29.8 Å². The van der Waals surface area contributed by atoms with Crippen LogP contribution < -0.4 is 0 Å². The molecule has 8 nitrogen and oxygen atoms in total. The summed E-state index contributed by atoms with van der Waals surface area (Å²) in [6.45, 7) is 1.79. The number of rotatable bonds is 5. The number of carbonyl (C=O) groups excluding carboxylic acids is 2. The number of benzene rings is 3. The van der Waals surface area contributed by atoms with E-state index in [0.29, 0.717) is 5.56 Å². The molecule has 0 bridgehead atoms. The second kappa shape index (κ2) is 7.44. The highest BCUT2D eigenvalue weighted by atomic mass is 32.2. The zero-order valence-electron chi connectivity index (χ0n) is 16.3. The van der Waals surface area contributed by atoms with Gasteiger partial charge in [-0.05, 0) is 42.8 Å². The zero-order valence-corrected chi connectivity index (χ0v) is 17.1. The van der Waals surface area contributed by atoms with Crippen molar-refractivity contribution in [2.45, 2.75) is 23.3 Å². The Morgan fingerprint density at radius 2 is 1.39 bits per heavy atom. The maximum Gasteiger partial charge on any atom is 0.270 e. The predicted molar refractivity (Wildman–Crippen MR) is 110 cm³/mol. The van der Waals surface area contributed by atoms with E-state index in [4.69, 9.17) is 0 Å². The van der Waals surface area contributed by atoms with E-state index in [2.05, 4.69) is 0 Å². The molecule has 0 saturated carbocycles. The Bertz CT molecular complexity index is 1330. The van der Waals surface area contributed by atoms with Crippen molar-refractivity contribution in [3.63, 3.8) is 0 Å². The van der Waals surface area contributed by atoms with Gasteiger partial charge in [-0.2, -0.15) is 0 Å². The molecular weight excluding hydrogens is 420 g/mol. The molecule has 0 aromatic heterocycles. The molecule has 1 aliphatic rings. The van der Waals surface area contributed by atoms with Crippen molar-refractivity contribution in [1.82, 2.24) is 4.90 Å². The van der Waals surface area contributed by atoms with Crippen LogP contribution in [0.5, 0.6) is 0 Å². The SMILES string of the molecule is Cc1ccc(S(=O)(=O)c2ccc(CN3C(=O)c4ccc([N+](=O)[O-])cc4C3=O)cc2)cc1. The number of imide groups is 1. The summed E-state index contributed by atoms with van der Waals surface area (Å²) in [6.07, 6.45) is 0. The summed E-state index contributed by atoms with van der Waals surface area (Å²) in [5.41, 5.74) is 1.31. The van der Waals surface area contributed by atoms with E-state index in [1.165, 1.54) is 48.5 Å². The number of nitro groups is 1. The molecule has 156 valence electrons. The van der Waals surface area contributed by atoms with Gasteiger partial charge in [-0.3, -0.25) is 24.6 Å². The largest absolute Gasteiger partial charge is 0.270 e. The van der Waals surface area contributed by atoms with Crippen LogP contribution in [0.4, 0.5) is 5.69 Å². The van der Waals surface area contributed by atoms with Crippen LogP contribution in [-0.2, 0) is 16.4 Å². The number of sulfone groups is 1. The fourth-order valence-electron chi connectivity index (χ4n) is 3.35. The van der Waals surface area contributed by atoms with Crippen LogP contribution in [0, 0.1) is 17.0 Å². The van der Waals surface area contributed by atoms with Gasteiger partial charge < -0.3 is 0 Å². The molecule has 0 aliphatic carbocycles. The van der Waals surface area contributed by atoms with Crippen molar-refractivity contribution in [3.8, 4) is 0 Å². The highest BCUT2D eigenvalue weighted by Crippen LogP contribution is 2.28. The van der Waals surface area contributed by atoms with E-state index >= 15 is 0 Å². The van der Waals surface area contributed by atoms with E-state index < -0.39 is 26.6 Å². The first-order valence-electron chi connectivity index (χ1n) is 9.24. The van der Waals surface area contributed by atoms with Gasteiger partial charge in [0.2, 0.25) is 9.84 Å². The molecular formula is C22H16N2O6S. The van der Waals surface area contributed by atoms with Crippen molar-refractivity contribution >= 4 is 27.3 Å². The van der Waals surface area contributed by atoms with Crippen LogP contribution in [0.1, 0.15) is 31.8 Å².